The molecule has 0 aliphatic carbocycles. The number of rotatable bonds is 3. The summed E-state index contributed by atoms with van der Waals surface area (Å²) in [7, 11) is -4.79. The van der Waals surface area contributed by atoms with Gasteiger partial charge >= 0.3 is 7.60 Å². The van der Waals surface area contributed by atoms with E-state index in [4.69, 9.17) is 9.79 Å². The van der Waals surface area contributed by atoms with Crippen molar-refractivity contribution in [2.75, 3.05) is 0 Å². The highest BCUT2D eigenvalue weighted by Crippen LogP contribution is 2.51. The second kappa shape index (κ2) is 4.08. The molecule has 1 aromatic carbocycles. The van der Waals surface area contributed by atoms with Gasteiger partial charge in [0.2, 0.25) is 0 Å². The summed E-state index contributed by atoms with van der Waals surface area (Å²) in [6, 6.07) is 4.85. The van der Waals surface area contributed by atoms with Gasteiger partial charge < -0.3 is 14.9 Å². The SMILES string of the molecule is O=[N+]([O-])c1ccccc1C(O)P(=O)(O)O. The number of hydrogen-bond donors (Lipinski definition) is 3. The summed E-state index contributed by atoms with van der Waals surface area (Å²) in [5, 5.41) is 19.7. The summed E-state index contributed by atoms with van der Waals surface area (Å²) in [4.78, 5) is 27.1. The van der Waals surface area contributed by atoms with Gasteiger partial charge in [-0.1, -0.05) is 12.1 Å². The van der Waals surface area contributed by atoms with Crippen molar-refractivity contribution < 1.29 is 24.4 Å². The summed E-state index contributed by atoms with van der Waals surface area (Å²) < 4.78 is 10.7. The summed E-state index contributed by atoms with van der Waals surface area (Å²) >= 11 is 0. The van der Waals surface area contributed by atoms with Crippen molar-refractivity contribution in [1.82, 2.24) is 0 Å². The lowest BCUT2D eigenvalue weighted by Crippen LogP contribution is -2.02. The Morgan fingerprint density at radius 3 is 2.33 bits per heavy atom. The maximum absolute atomic E-state index is 10.7. The molecule has 1 unspecified atom stereocenters. The number of aliphatic hydroxyl groups excluding tert-OH is 1. The lowest BCUT2D eigenvalue weighted by Gasteiger charge is -2.12. The van der Waals surface area contributed by atoms with E-state index in [9.17, 15) is 19.8 Å². The average Bonchev–Trinajstić information content (AvgIpc) is 2.15. The van der Waals surface area contributed by atoms with Gasteiger partial charge in [-0.25, -0.2) is 0 Å². The zero-order valence-corrected chi connectivity index (χ0v) is 8.24. The number of aliphatic hydroxyl groups is 1. The standard InChI is InChI=1S/C7H8NO6P/c9-7(15(12,13)14)5-3-1-2-4-6(5)8(10)11/h1-4,7,9H,(H2,12,13,14). The molecule has 0 heterocycles. The first kappa shape index (κ1) is 11.8. The van der Waals surface area contributed by atoms with Gasteiger partial charge in [-0.15, -0.1) is 0 Å². The van der Waals surface area contributed by atoms with Crippen molar-refractivity contribution >= 4 is 13.3 Å². The van der Waals surface area contributed by atoms with Crippen molar-refractivity contribution in [3.8, 4) is 0 Å². The smallest absolute Gasteiger partial charge is 0.358 e. The largest absolute Gasteiger partial charge is 0.376 e. The van der Waals surface area contributed by atoms with Crippen LogP contribution < -0.4 is 0 Å². The number of benzene rings is 1. The minimum atomic E-state index is -4.79. The van der Waals surface area contributed by atoms with E-state index >= 15 is 0 Å². The zero-order valence-electron chi connectivity index (χ0n) is 7.35. The Morgan fingerprint density at radius 2 is 1.87 bits per heavy atom. The fourth-order valence-electron chi connectivity index (χ4n) is 1.05. The second-order valence-corrected chi connectivity index (χ2v) is 4.45. The van der Waals surface area contributed by atoms with Crippen molar-refractivity contribution in [2.45, 2.75) is 5.85 Å². The van der Waals surface area contributed by atoms with Crippen LogP contribution in [0.1, 0.15) is 11.4 Å². The highest BCUT2D eigenvalue weighted by atomic mass is 31.2. The van der Waals surface area contributed by atoms with Gasteiger partial charge in [0.05, 0.1) is 10.5 Å². The molecular formula is C7H8NO6P. The van der Waals surface area contributed by atoms with Crippen LogP contribution in [-0.2, 0) is 4.57 Å². The van der Waals surface area contributed by atoms with Crippen molar-refractivity contribution in [2.24, 2.45) is 0 Å². The van der Waals surface area contributed by atoms with E-state index in [1.165, 1.54) is 12.1 Å². The predicted molar refractivity (Wildman–Crippen MR) is 50.1 cm³/mol. The van der Waals surface area contributed by atoms with Crippen LogP contribution in [0.25, 0.3) is 0 Å². The van der Waals surface area contributed by atoms with Gasteiger partial charge in [0.15, 0.2) is 5.85 Å². The maximum atomic E-state index is 10.7. The van der Waals surface area contributed by atoms with Crippen molar-refractivity contribution in [1.29, 1.82) is 0 Å². The molecule has 0 fully saturated rings. The first-order chi connectivity index (χ1) is 6.84. The van der Waals surface area contributed by atoms with E-state index in [0.29, 0.717) is 0 Å². The minimum Gasteiger partial charge on any atom is -0.376 e. The van der Waals surface area contributed by atoms with E-state index in [1.54, 1.807) is 0 Å². The minimum absolute atomic E-state index is 0.393. The molecule has 8 heteroatoms. The molecule has 0 amide bonds. The Kier molecular flexibility index (Phi) is 3.21. The first-order valence-corrected chi connectivity index (χ1v) is 5.49. The summed E-state index contributed by atoms with van der Waals surface area (Å²) in [5.74, 6) is -2.17. The molecule has 1 atom stereocenters. The van der Waals surface area contributed by atoms with Crippen molar-refractivity contribution in [3.63, 3.8) is 0 Å². The Hall–Kier alpha value is -1.27. The molecule has 82 valence electrons. The van der Waals surface area contributed by atoms with E-state index in [0.717, 1.165) is 12.1 Å². The Balaban J connectivity index is 3.26. The second-order valence-electron chi connectivity index (χ2n) is 2.78. The molecule has 0 spiro atoms. The highest BCUT2D eigenvalue weighted by molar-refractivity contribution is 7.51. The molecule has 0 aliphatic rings. The third-order valence-electron chi connectivity index (χ3n) is 1.73. The Bertz CT molecular complexity index is 427. The first-order valence-electron chi connectivity index (χ1n) is 3.80. The van der Waals surface area contributed by atoms with Gasteiger partial charge in [0, 0.05) is 6.07 Å². The molecule has 0 radical (unpaired) electrons. The average molecular weight is 233 g/mol. The van der Waals surface area contributed by atoms with Crippen LogP contribution in [0.4, 0.5) is 5.69 Å². The monoisotopic (exact) mass is 233 g/mol. The van der Waals surface area contributed by atoms with E-state index < -0.39 is 29.6 Å². The quantitative estimate of drug-likeness (QED) is 0.402. The molecule has 0 aliphatic heterocycles. The molecular weight excluding hydrogens is 225 g/mol. The lowest BCUT2D eigenvalue weighted by molar-refractivity contribution is -0.386. The van der Waals surface area contributed by atoms with E-state index in [-0.39, 0.29) is 0 Å². The Labute approximate surface area is 84.3 Å². The zero-order chi connectivity index (χ0) is 11.6. The van der Waals surface area contributed by atoms with Crippen LogP contribution >= 0.6 is 7.60 Å². The third-order valence-corrected chi connectivity index (χ3v) is 2.65. The molecule has 15 heavy (non-hydrogen) atoms. The molecule has 1 aromatic rings. The van der Waals surface area contributed by atoms with E-state index in [1.807, 2.05) is 0 Å². The number of hydrogen-bond acceptors (Lipinski definition) is 4. The number of para-hydroxylation sites is 1. The van der Waals surface area contributed by atoms with Gasteiger partial charge in [0.1, 0.15) is 0 Å². The van der Waals surface area contributed by atoms with Crippen LogP contribution in [0.3, 0.4) is 0 Å². The topological polar surface area (TPSA) is 121 Å². The fraction of sp³-hybridized carbons (Fsp3) is 0.143. The molecule has 0 bridgehead atoms. The molecule has 0 saturated carbocycles. The van der Waals surface area contributed by atoms with Gasteiger partial charge in [-0.05, 0) is 6.07 Å². The van der Waals surface area contributed by atoms with Crippen LogP contribution in [0.15, 0.2) is 24.3 Å². The van der Waals surface area contributed by atoms with Gasteiger partial charge in [-0.2, -0.15) is 0 Å². The van der Waals surface area contributed by atoms with E-state index in [2.05, 4.69) is 0 Å². The van der Waals surface area contributed by atoms with Gasteiger partial charge in [0.25, 0.3) is 5.69 Å². The van der Waals surface area contributed by atoms with Crippen LogP contribution in [0.2, 0.25) is 0 Å². The van der Waals surface area contributed by atoms with Crippen molar-refractivity contribution in [3.05, 3.63) is 39.9 Å². The van der Waals surface area contributed by atoms with Crippen LogP contribution in [-0.4, -0.2) is 19.8 Å². The van der Waals surface area contributed by atoms with Crippen LogP contribution in [0.5, 0.6) is 0 Å². The maximum Gasteiger partial charge on any atom is 0.358 e. The molecule has 3 N–H and O–H groups in total. The third kappa shape index (κ3) is 2.60. The Morgan fingerprint density at radius 1 is 1.33 bits per heavy atom. The number of nitro benzene ring substituents is 1. The summed E-state index contributed by atoms with van der Waals surface area (Å²) in [6.45, 7) is 0. The molecule has 0 saturated heterocycles. The highest BCUT2D eigenvalue weighted by Gasteiger charge is 2.33. The number of nitrogens with zero attached hydrogens (tertiary/aromatic N) is 1. The summed E-state index contributed by atoms with van der Waals surface area (Å²) in [6.07, 6.45) is 0. The lowest BCUT2D eigenvalue weighted by atomic mass is 10.2. The fourth-order valence-corrected chi connectivity index (χ4v) is 1.63. The predicted octanol–water partition coefficient (Wildman–Crippen LogP) is 0.763. The number of nitro groups is 1. The van der Waals surface area contributed by atoms with Gasteiger partial charge in [-0.3, -0.25) is 14.7 Å². The molecule has 1 rings (SSSR count). The normalized spacial score (nSPS) is 13.5. The molecule has 0 aromatic heterocycles. The van der Waals surface area contributed by atoms with Crippen LogP contribution in [0, 0.1) is 10.1 Å². The summed E-state index contributed by atoms with van der Waals surface area (Å²) in [5.41, 5.74) is -0.913. The molecule has 7 nitrogen and oxygen atoms in total.